The summed E-state index contributed by atoms with van der Waals surface area (Å²) in [4.78, 5) is 24.3. The highest BCUT2D eigenvalue weighted by atomic mass is 35.5. The van der Waals surface area contributed by atoms with E-state index < -0.39 is 11.4 Å². The van der Waals surface area contributed by atoms with Crippen molar-refractivity contribution in [2.24, 2.45) is 0 Å². The van der Waals surface area contributed by atoms with Crippen molar-refractivity contribution < 1.29 is 14.3 Å². The number of aryl methyl sites for hydroxylation is 1. The van der Waals surface area contributed by atoms with Crippen molar-refractivity contribution in [3.63, 3.8) is 0 Å². The number of rotatable bonds is 4. The van der Waals surface area contributed by atoms with Crippen LogP contribution in [0.25, 0.3) is 0 Å². The highest BCUT2D eigenvalue weighted by Gasteiger charge is 2.30. The Kier molecular flexibility index (Phi) is 4.22. The number of hydrogen-bond acceptors (Lipinski definition) is 4. The minimum atomic E-state index is -0.627. The minimum Gasteiger partial charge on any atom is -0.478 e. The molecule has 0 N–H and O–H groups in total. The molecule has 19 heavy (non-hydrogen) atoms. The second-order valence-electron chi connectivity index (χ2n) is 4.75. The number of fused-ring (bicyclic) bond motifs is 1. The topological polar surface area (TPSA) is 46.6 Å². The summed E-state index contributed by atoms with van der Waals surface area (Å²) in [7, 11) is 0. The SMILES string of the molecule is CC(=O)C(Cl)CN1COc2cc(C)ccc2C1C=O. The second-order valence-corrected chi connectivity index (χ2v) is 5.27. The molecule has 1 heterocycles. The van der Waals surface area contributed by atoms with Crippen LogP contribution in [-0.2, 0) is 9.59 Å². The van der Waals surface area contributed by atoms with E-state index in [2.05, 4.69) is 0 Å². The average molecular weight is 282 g/mol. The molecule has 0 fully saturated rings. The Labute approximate surface area is 117 Å². The van der Waals surface area contributed by atoms with Gasteiger partial charge in [0.15, 0.2) is 0 Å². The smallest absolute Gasteiger partial charge is 0.148 e. The zero-order valence-electron chi connectivity index (χ0n) is 10.9. The summed E-state index contributed by atoms with van der Waals surface area (Å²) < 4.78 is 5.63. The lowest BCUT2D eigenvalue weighted by atomic mass is 10.0. The van der Waals surface area contributed by atoms with E-state index in [0.29, 0.717) is 6.54 Å². The van der Waals surface area contributed by atoms with E-state index in [4.69, 9.17) is 16.3 Å². The van der Waals surface area contributed by atoms with Crippen LogP contribution in [0.1, 0.15) is 24.1 Å². The van der Waals surface area contributed by atoms with Crippen molar-refractivity contribution in [2.75, 3.05) is 13.3 Å². The molecule has 1 aliphatic heterocycles. The van der Waals surface area contributed by atoms with Crippen LogP contribution in [0.2, 0.25) is 0 Å². The van der Waals surface area contributed by atoms with Gasteiger partial charge in [0.05, 0.1) is 6.04 Å². The largest absolute Gasteiger partial charge is 0.478 e. The van der Waals surface area contributed by atoms with Crippen molar-refractivity contribution in [1.29, 1.82) is 0 Å². The summed E-state index contributed by atoms with van der Waals surface area (Å²) in [6, 6.07) is 5.31. The molecule has 0 saturated carbocycles. The molecule has 2 unspecified atom stereocenters. The van der Waals surface area contributed by atoms with Crippen molar-refractivity contribution in [1.82, 2.24) is 4.90 Å². The maximum Gasteiger partial charge on any atom is 0.148 e. The van der Waals surface area contributed by atoms with Crippen LogP contribution in [0.15, 0.2) is 18.2 Å². The van der Waals surface area contributed by atoms with E-state index >= 15 is 0 Å². The van der Waals surface area contributed by atoms with Crippen molar-refractivity contribution in [3.05, 3.63) is 29.3 Å². The molecule has 0 amide bonds. The lowest BCUT2D eigenvalue weighted by Crippen LogP contribution is -2.42. The number of ketones is 1. The van der Waals surface area contributed by atoms with E-state index in [-0.39, 0.29) is 12.5 Å². The summed E-state index contributed by atoms with van der Waals surface area (Å²) in [6.45, 7) is 3.97. The maximum absolute atomic E-state index is 11.3. The summed E-state index contributed by atoms with van der Waals surface area (Å²) in [5.74, 6) is 0.614. The first-order valence-corrected chi connectivity index (χ1v) is 6.53. The highest BCUT2D eigenvalue weighted by molar-refractivity contribution is 6.31. The van der Waals surface area contributed by atoms with Crippen LogP contribution in [0.4, 0.5) is 0 Å². The predicted molar refractivity (Wildman–Crippen MR) is 72.5 cm³/mol. The Morgan fingerprint density at radius 2 is 2.37 bits per heavy atom. The highest BCUT2D eigenvalue weighted by Crippen LogP contribution is 2.33. The van der Waals surface area contributed by atoms with Gasteiger partial charge in [0, 0.05) is 12.1 Å². The predicted octanol–water partition coefficient (Wildman–Crippen LogP) is 2.08. The van der Waals surface area contributed by atoms with Gasteiger partial charge in [-0.2, -0.15) is 0 Å². The molecule has 1 aromatic carbocycles. The van der Waals surface area contributed by atoms with Crippen molar-refractivity contribution in [2.45, 2.75) is 25.3 Å². The summed E-state index contributed by atoms with van der Waals surface area (Å²) in [5.41, 5.74) is 1.90. The molecule has 4 nitrogen and oxygen atoms in total. The molecule has 0 aromatic heterocycles. The Hall–Kier alpha value is -1.39. The third-order valence-corrected chi connectivity index (χ3v) is 3.68. The lowest BCUT2D eigenvalue weighted by Gasteiger charge is -2.34. The summed E-state index contributed by atoms with van der Waals surface area (Å²) in [6.07, 6.45) is 0.862. The average Bonchev–Trinajstić information content (AvgIpc) is 2.38. The van der Waals surface area contributed by atoms with Crippen LogP contribution >= 0.6 is 11.6 Å². The third kappa shape index (κ3) is 2.96. The standard InChI is InChI=1S/C14H16ClNO3/c1-9-3-4-11-13(7-17)16(6-12(15)10(2)18)8-19-14(11)5-9/h3-5,7,12-13H,6,8H2,1-2H3. The van der Waals surface area contributed by atoms with E-state index in [1.54, 1.807) is 4.90 Å². The number of Topliss-reactive ketones (excluding diaryl/α,β-unsaturated/α-hetero) is 1. The fourth-order valence-corrected chi connectivity index (χ4v) is 2.28. The number of ether oxygens (including phenoxy) is 1. The number of alkyl halides is 1. The molecule has 0 aliphatic carbocycles. The Morgan fingerprint density at radius 1 is 1.63 bits per heavy atom. The third-order valence-electron chi connectivity index (χ3n) is 3.23. The number of halogens is 1. The lowest BCUT2D eigenvalue weighted by molar-refractivity contribution is -0.119. The molecule has 102 valence electrons. The van der Waals surface area contributed by atoms with Gasteiger partial charge in [-0.15, -0.1) is 11.6 Å². The molecule has 0 saturated heterocycles. The minimum absolute atomic E-state index is 0.110. The first kappa shape index (κ1) is 14.0. The van der Waals surface area contributed by atoms with Gasteiger partial charge < -0.3 is 9.53 Å². The second kappa shape index (κ2) is 5.72. The zero-order chi connectivity index (χ0) is 14.0. The summed E-state index contributed by atoms with van der Waals surface area (Å²) >= 11 is 5.96. The number of aldehydes is 1. The van der Waals surface area contributed by atoms with Gasteiger partial charge in [-0.1, -0.05) is 12.1 Å². The fourth-order valence-electron chi connectivity index (χ4n) is 2.10. The quantitative estimate of drug-likeness (QED) is 0.626. The van der Waals surface area contributed by atoms with Gasteiger partial charge in [-0.25, -0.2) is 0 Å². The van der Waals surface area contributed by atoms with Crippen molar-refractivity contribution in [3.8, 4) is 5.75 Å². The summed E-state index contributed by atoms with van der Waals surface area (Å²) in [5, 5.41) is -0.627. The van der Waals surface area contributed by atoms with Gasteiger partial charge in [0.25, 0.3) is 0 Å². The van der Waals surface area contributed by atoms with Crippen LogP contribution in [0.3, 0.4) is 0 Å². The molecule has 2 rings (SSSR count). The van der Waals surface area contributed by atoms with E-state index in [1.807, 2.05) is 25.1 Å². The van der Waals surface area contributed by atoms with E-state index in [1.165, 1.54) is 6.92 Å². The number of nitrogens with zero attached hydrogens (tertiary/aromatic N) is 1. The van der Waals surface area contributed by atoms with Gasteiger partial charge in [0.2, 0.25) is 0 Å². The van der Waals surface area contributed by atoms with Crippen molar-refractivity contribution >= 4 is 23.7 Å². The van der Waals surface area contributed by atoms with Gasteiger partial charge in [0.1, 0.15) is 29.9 Å². The van der Waals surface area contributed by atoms with E-state index in [0.717, 1.165) is 23.2 Å². The van der Waals surface area contributed by atoms with Crippen LogP contribution < -0.4 is 4.74 Å². The Bertz CT molecular complexity index is 503. The van der Waals surface area contributed by atoms with Gasteiger partial charge >= 0.3 is 0 Å². The maximum atomic E-state index is 11.3. The normalized spacial score (nSPS) is 20.3. The molecule has 0 radical (unpaired) electrons. The first-order chi connectivity index (χ1) is 9.02. The zero-order valence-corrected chi connectivity index (χ0v) is 11.7. The molecule has 0 spiro atoms. The first-order valence-electron chi connectivity index (χ1n) is 6.10. The van der Waals surface area contributed by atoms with Crippen LogP contribution in [-0.4, -0.2) is 35.6 Å². The van der Waals surface area contributed by atoms with Gasteiger partial charge in [-0.3, -0.25) is 9.69 Å². The Morgan fingerprint density at radius 3 is 3.00 bits per heavy atom. The van der Waals surface area contributed by atoms with Crippen LogP contribution in [0, 0.1) is 6.92 Å². The molecule has 2 atom stereocenters. The number of carbonyl (C=O) groups is 2. The molecule has 5 heteroatoms. The van der Waals surface area contributed by atoms with Gasteiger partial charge in [-0.05, 0) is 25.5 Å². The molecule has 0 bridgehead atoms. The number of carbonyl (C=O) groups excluding carboxylic acids is 2. The number of benzene rings is 1. The van der Waals surface area contributed by atoms with Crippen LogP contribution in [0.5, 0.6) is 5.75 Å². The molecular weight excluding hydrogens is 266 g/mol. The molecule has 1 aromatic rings. The fraction of sp³-hybridized carbons (Fsp3) is 0.429. The monoisotopic (exact) mass is 281 g/mol. The Balaban J connectivity index is 2.24. The number of hydrogen-bond donors (Lipinski definition) is 0. The molecular formula is C14H16ClNO3. The van der Waals surface area contributed by atoms with E-state index in [9.17, 15) is 9.59 Å². The molecule has 1 aliphatic rings.